The van der Waals surface area contributed by atoms with Crippen LogP contribution in [0.15, 0.2) is 30.6 Å². The fourth-order valence-electron chi connectivity index (χ4n) is 8.43. The quantitative estimate of drug-likeness (QED) is 0.456. The fraction of sp³-hybridized carbons (Fsp3) is 0.636. The van der Waals surface area contributed by atoms with Crippen molar-refractivity contribution < 1.29 is 19.4 Å². The van der Waals surface area contributed by atoms with Gasteiger partial charge in [-0.15, -0.1) is 0 Å². The van der Waals surface area contributed by atoms with Crippen molar-refractivity contribution in [3.05, 3.63) is 47.4 Å². The number of hydrogen-bond donors (Lipinski definition) is 2. The number of benzene rings is 1. The van der Waals surface area contributed by atoms with Crippen LogP contribution in [-0.2, 0) is 28.9 Å². The van der Waals surface area contributed by atoms with Crippen molar-refractivity contribution in [3.63, 3.8) is 0 Å². The lowest BCUT2D eigenvalue weighted by Crippen LogP contribution is -2.57. The van der Waals surface area contributed by atoms with Gasteiger partial charge in [0.2, 0.25) is 0 Å². The monoisotopic (exact) mass is 575 g/mol. The SMILES string of the molecule is CC(C)(C)OC(=O)NCC(=O)Cc1ccccc1N1CCc2c(ncnc2N(CCO)C2C3CC4CC(C3)CC2C4)C1. The van der Waals surface area contributed by atoms with Gasteiger partial charge in [-0.3, -0.25) is 4.79 Å². The number of Topliss-reactive ketones (excluding diaryl/α,β-unsaturated/α-hetero) is 1. The van der Waals surface area contributed by atoms with E-state index in [1.165, 1.54) is 37.7 Å². The first kappa shape index (κ1) is 28.9. The molecular weight excluding hydrogens is 530 g/mol. The van der Waals surface area contributed by atoms with Crippen LogP contribution in [-0.4, -0.2) is 64.8 Å². The van der Waals surface area contributed by atoms with Gasteiger partial charge in [-0.05, 0) is 94.6 Å². The molecule has 4 bridgehead atoms. The van der Waals surface area contributed by atoms with Gasteiger partial charge >= 0.3 is 6.09 Å². The summed E-state index contributed by atoms with van der Waals surface area (Å²) in [5.74, 6) is 4.13. The minimum atomic E-state index is -0.613. The van der Waals surface area contributed by atoms with Crippen molar-refractivity contribution in [2.24, 2.45) is 23.7 Å². The third kappa shape index (κ3) is 6.12. The number of hydrogen-bond acceptors (Lipinski definition) is 8. The second-order valence-corrected chi connectivity index (χ2v) is 13.8. The first-order valence-corrected chi connectivity index (χ1v) is 15.7. The van der Waals surface area contributed by atoms with Gasteiger partial charge in [0.1, 0.15) is 17.7 Å². The molecular formula is C33H45N5O4. The number of nitrogens with zero attached hydrogens (tertiary/aromatic N) is 4. The number of carbonyl (C=O) groups is 2. The highest BCUT2D eigenvalue weighted by Gasteiger charge is 2.50. The van der Waals surface area contributed by atoms with E-state index in [-0.39, 0.29) is 25.4 Å². The molecule has 1 aromatic heterocycles. The Bertz CT molecular complexity index is 1280. The first-order chi connectivity index (χ1) is 20.2. The van der Waals surface area contributed by atoms with E-state index in [1.807, 2.05) is 18.2 Å². The summed E-state index contributed by atoms with van der Waals surface area (Å²) in [5.41, 5.74) is 3.55. The number of fused-ring (bicyclic) bond motifs is 1. The smallest absolute Gasteiger partial charge is 0.408 e. The minimum Gasteiger partial charge on any atom is -0.444 e. The van der Waals surface area contributed by atoms with E-state index in [1.54, 1.807) is 27.1 Å². The van der Waals surface area contributed by atoms with Crippen LogP contribution < -0.4 is 15.1 Å². The maximum absolute atomic E-state index is 12.8. The predicted octanol–water partition coefficient (Wildman–Crippen LogP) is 4.30. The number of nitrogens with one attached hydrogen (secondary N) is 1. The second kappa shape index (κ2) is 11.8. The number of aromatic nitrogens is 2. The number of rotatable bonds is 9. The molecule has 0 spiro atoms. The normalized spacial score (nSPS) is 26.1. The summed E-state index contributed by atoms with van der Waals surface area (Å²) in [4.78, 5) is 39.2. The van der Waals surface area contributed by atoms with Gasteiger partial charge in [0.05, 0.1) is 25.4 Å². The Morgan fingerprint density at radius 2 is 1.79 bits per heavy atom. The van der Waals surface area contributed by atoms with Crippen LogP contribution in [0.25, 0.3) is 0 Å². The van der Waals surface area contributed by atoms with E-state index in [2.05, 4.69) is 21.2 Å². The van der Waals surface area contributed by atoms with Gasteiger partial charge in [-0.1, -0.05) is 18.2 Å². The Labute approximate surface area is 249 Å². The molecule has 0 saturated heterocycles. The number of anilines is 2. The highest BCUT2D eigenvalue weighted by Crippen LogP contribution is 2.55. The largest absolute Gasteiger partial charge is 0.444 e. The lowest BCUT2D eigenvalue weighted by atomic mass is 9.54. The highest BCUT2D eigenvalue weighted by molar-refractivity contribution is 5.87. The van der Waals surface area contributed by atoms with Crippen molar-refractivity contribution in [2.75, 3.05) is 36.0 Å². The third-order valence-electron chi connectivity index (χ3n) is 9.68. The summed E-state index contributed by atoms with van der Waals surface area (Å²) >= 11 is 0. The lowest BCUT2D eigenvalue weighted by molar-refractivity contribution is -0.117. The maximum Gasteiger partial charge on any atom is 0.408 e. The summed E-state index contributed by atoms with van der Waals surface area (Å²) in [7, 11) is 0. The zero-order valence-corrected chi connectivity index (χ0v) is 25.2. The van der Waals surface area contributed by atoms with Crippen molar-refractivity contribution in [2.45, 2.75) is 83.9 Å². The first-order valence-electron chi connectivity index (χ1n) is 15.7. The van der Waals surface area contributed by atoms with E-state index in [4.69, 9.17) is 14.7 Å². The number of alkyl carbamates (subject to hydrolysis) is 1. The Balaban J connectivity index is 1.17. The number of para-hydroxylation sites is 1. The van der Waals surface area contributed by atoms with Crippen molar-refractivity contribution in [1.29, 1.82) is 0 Å². The zero-order chi connectivity index (χ0) is 29.4. The molecule has 7 rings (SSSR count). The molecule has 2 aromatic rings. The molecule has 1 aliphatic heterocycles. The maximum atomic E-state index is 12.8. The van der Waals surface area contributed by atoms with E-state index in [0.29, 0.717) is 31.0 Å². The molecule has 9 heteroatoms. The van der Waals surface area contributed by atoms with Crippen LogP contribution in [0.2, 0.25) is 0 Å². The Hall–Kier alpha value is -3.20. The van der Waals surface area contributed by atoms with Crippen LogP contribution in [0.5, 0.6) is 0 Å². The Morgan fingerprint density at radius 1 is 1.07 bits per heavy atom. The number of amides is 1. The molecule has 2 heterocycles. The summed E-state index contributed by atoms with van der Waals surface area (Å²) in [5, 5.41) is 12.7. The summed E-state index contributed by atoms with van der Waals surface area (Å²) in [6.45, 7) is 7.48. The standard InChI is InChI=1S/C33H45N5O4/c1-33(2,3)42-32(41)34-18-26(40)17-23-6-4-5-7-29(23)37-9-8-27-28(19-37)35-20-36-31(27)38(10-11-39)30-24-13-21-12-22(15-24)16-25(30)14-21/h4-7,20-22,24-25,30,39H,8-19H2,1-3H3,(H,34,41). The number of aliphatic hydroxyl groups is 1. The molecule has 4 fully saturated rings. The molecule has 1 amide bonds. The number of ether oxygens (including phenoxy) is 1. The van der Waals surface area contributed by atoms with Crippen LogP contribution >= 0.6 is 0 Å². The predicted molar refractivity (Wildman–Crippen MR) is 161 cm³/mol. The molecule has 2 N–H and O–H groups in total. The zero-order valence-electron chi connectivity index (χ0n) is 25.2. The second-order valence-electron chi connectivity index (χ2n) is 13.8. The van der Waals surface area contributed by atoms with Gasteiger partial charge in [0.15, 0.2) is 5.78 Å². The molecule has 42 heavy (non-hydrogen) atoms. The Morgan fingerprint density at radius 3 is 2.48 bits per heavy atom. The molecule has 4 saturated carbocycles. The minimum absolute atomic E-state index is 0.0754. The average Bonchev–Trinajstić information content (AvgIpc) is 2.94. The van der Waals surface area contributed by atoms with Gasteiger partial charge in [-0.2, -0.15) is 0 Å². The van der Waals surface area contributed by atoms with Crippen LogP contribution in [0.1, 0.15) is 69.7 Å². The summed E-state index contributed by atoms with van der Waals surface area (Å²) in [6.07, 6.45) is 8.85. The van der Waals surface area contributed by atoms with Crippen molar-refractivity contribution >= 4 is 23.4 Å². The average molecular weight is 576 g/mol. The summed E-state index contributed by atoms with van der Waals surface area (Å²) in [6, 6.07) is 8.45. The van der Waals surface area contributed by atoms with Gasteiger partial charge in [0.25, 0.3) is 0 Å². The fourth-order valence-corrected chi connectivity index (χ4v) is 8.43. The van der Waals surface area contributed by atoms with E-state index in [0.717, 1.165) is 47.6 Å². The van der Waals surface area contributed by atoms with Gasteiger partial charge in [0, 0.05) is 36.8 Å². The van der Waals surface area contributed by atoms with Crippen molar-refractivity contribution in [1.82, 2.24) is 15.3 Å². The molecule has 4 aliphatic carbocycles. The molecule has 0 atom stereocenters. The van der Waals surface area contributed by atoms with Gasteiger partial charge < -0.3 is 25.0 Å². The molecule has 0 unspecified atom stereocenters. The van der Waals surface area contributed by atoms with E-state index >= 15 is 0 Å². The molecule has 9 nitrogen and oxygen atoms in total. The highest BCUT2D eigenvalue weighted by atomic mass is 16.6. The molecule has 5 aliphatic rings. The number of ketones is 1. The molecule has 226 valence electrons. The molecule has 0 radical (unpaired) electrons. The lowest BCUT2D eigenvalue weighted by Gasteiger charge is -2.57. The topological polar surface area (TPSA) is 108 Å². The van der Waals surface area contributed by atoms with E-state index in [9.17, 15) is 14.7 Å². The van der Waals surface area contributed by atoms with Crippen LogP contribution in [0, 0.1) is 23.7 Å². The van der Waals surface area contributed by atoms with Crippen LogP contribution in [0.4, 0.5) is 16.3 Å². The summed E-state index contributed by atoms with van der Waals surface area (Å²) < 4.78 is 5.26. The Kier molecular flexibility index (Phi) is 8.13. The van der Waals surface area contributed by atoms with Crippen molar-refractivity contribution in [3.8, 4) is 0 Å². The van der Waals surface area contributed by atoms with Crippen LogP contribution in [0.3, 0.4) is 0 Å². The number of aliphatic hydroxyl groups excluding tert-OH is 1. The van der Waals surface area contributed by atoms with E-state index < -0.39 is 11.7 Å². The number of carbonyl (C=O) groups excluding carboxylic acids is 2. The van der Waals surface area contributed by atoms with Gasteiger partial charge in [-0.25, -0.2) is 14.8 Å². The molecule has 1 aromatic carbocycles. The third-order valence-corrected chi connectivity index (χ3v) is 9.68.